The standard InChI is InChI=1S/C24H21N3O5/c1-30-20-9-8-16(12-21(20)31-2)26-23(28)10-7-15-11-17(25-14-15)13-22-24(29)27-18-5-3-4-6-19(18)32-22/h3-14,25H,1-2H3,(H,26,28)(H,27,29)/b10-7+,22-13-. The van der Waals surface area contributed by atoms with E-state index in [1.165, 1.54) is 13.2 Å². The van der Waals surface area contributed by atoms with Crippen molar-refractivity contribution in [2.24, 2.45) is 0 Å². The lowest BCUT2D eigenvalue weighted by atomic mass is 10.2. The van der Waals surface area contributed by atoms with E-state index in [-0.39, 0.29) is 17.6 Å². The highest BCUT2D eigenvalue weighted by Gasteiger charge is 2.21. The Kier molecular flexibility index (Phi) is 5.94. The third kappa shape index (κ3) is 4.65. The fourth-order valence-electron chi connectivity index (χ4n) is 3.12. The molecule has 4 rings (SSSR count). The van der Waals surface area contributed by atoms with Crippen LogP contribution >= 0.6 is 0 Å². The van der Waals surface area contributed by atoms with Gasteiger partial charge in [-0.1, -0.05) is 12.1 Å². The van der Waals surface area contributed by atoms with Crippen molar-refractivity contribution in [3.63, 3.8) is 0 Å². The third-order valence-electron chi connectivity index (χ3n) is 4.67. The highest BCUT2D eigenvalue weighted by Crippen LogP contribution is 2.31. The van der Waals surface area contributed by atoms with E-state index in [2.05, 4.69) is 15.6 Å². The Balaban J connectivity index is 1.41. The van der Waals surface area contributed by atoms with E-state index in [1.54, 1.807) is 61.9 Å². The van der Waals surface area contributed by atoms with Crippen LogP contribution in [0, 0.1) is 0 Å². The number of carbonyl (C=O) groups is 2. The molecule has 0 spiro atoms. The summed E-state index contributed by atoms with van der Waals surface area (Å²) in [6.07, 6.45) is 6.40. The fraction of sp³-hybridized carbons (Fsp3) is 0.0833. The van der Waals surface area contributed by atoms with Crippen LogP contribution in [0.1, 0.15) is 11.3 Å². The number of aromatic amines is 1. The number of amides is 2. The van der Waals surface area contributed by atoms with Crippen LogP contribution < -0.4 is 24.8 Å². The Hall–Kier alpha value is -4.46. The molecule has 0 saturated heterocycles. The summed E-state index contributed by atoms with van der Waals surface area (Å²) in [4.78, 5) is 27.5. The van der Waals surface area contributed by atoms with Crippen molar-refractivity contribution in [2.75, 3.05) is 24.9 Å². The third-order valence-corrected chi connectivity index (χ3v) is 4.67. The molecular weight excluding hydrogens is 410 g/mol. The van der Waals surface area contributed by atoms with Gasteiger partial charge in [0.2, 0.25) is 5.91 Å². The van der Waals surface area contributed by atoms with Gasteiger partial charge in [0.05, 0.1) is 19.9 Å². The molecule has 1 aliphatic rings. The summed E-state index contributed by atoms with van der Waals surface area (Å²) in [7, 11) is 3.08. The molecule has 1 aromatic heterocycles. The monoisotopic (exact) mass is 431 g/mol. The lowest BCUT2D eigenvalue weighted by Gasteiger charge is -2.19. The highest BCUT2D eigenvalue weighted by molar-refractivity contribution is 6.08. The molecule has 0 radical (unpaired) electrons. The Morgan fingerprint density at radius 3 is 2.69 bits per heavy atom. The second-order valence-corrected chi connectivity index (χ2v) is 6.84. The minimum Gasteiger partial charge on any atom is -0.493 e. The van der Waals surface area contributed by atoms with E-state index in [0.717, 1.165) is 5.56 Å². The first-order valence-corrected chi connectivity index (χ1v) is 9.75. The summed E-state index contributed by atoms with van der Waals surface area (Å²) in [6.45, 7) is 0. The lowest BCUT2D eigenvalue weighted by Crippen LogP contribution is -2.23. The number of rotatable bonds is 6. The predicted molar refractivity (Wildman–Crippen MR) is 122 cm³/mol. The van der Waals surface area contributed by atoms with Crippen molar-refractivity contribution < 1.29 is 23.8 Å². The van der Waals surface area contributed by atoms with E-state index in [0.29, 0.717) is 34.3 Å². The van der Waals surface area contributed by atoms with Crippen LogP contribution in [0.2, 0.25) is 0 Å². The molecule has 3 N–H and O–H groups in total. The van der Waals surface area contributed by atoms with Gasteiger partial charge in [-0.3, -0.25) is 9.59 Å². The van der Waals surface area contributed by atoms with E-state index in [1.807, 2.05) is 12.1 Å². The summed E-state index contributed by atoms with van der Waals surface area (Å²) in [5.74, 6) is 1.22. The number of hydrogen-bond donors (Lipinski definition) is 3. The number of para-hydroxylation sites is 2. The summed E-state index contributed by atoms with van der Waals surface area (Å²) in [5.41, 5.74) is 2.63. The van der Waals surface area contributed by atoms with Crippen LogP contribution in [-0.4, -0.2) is 31.0 Å². The normalized spacial score (nSPS) is 13.9. The summed E-state index contributed by atoms with van der Waals surface area (Å²) >= 11 is 0. The van der Waals surface area contributed by atoms with Gasteiger partial charge in [-0.05, 0) is 42.0 Å². The van der Waals surface area contributed by atoms with Gasteiger partial charge in [-0.15, -0.1) is 0 Å². The predicted octanol–water partition coefficient (Wildman–Crippen LogP) is 4.06. The number of ether oxygens (including phenoxy) is 3. The van der Waals surface area contributed by atoms with Crippen LogP contribution in [0.15, 0.2) is 66.6 Å². The van der Waals surface area contributed by atoms with E-state index in [9.17, 15) is 9.59 Å². The van der Waals surface area contributed by atoms with Gasteiger partial charge in [-0.2, -0.15) is 0 Å². The number of hydrogen-bond acceptors (Lipinski definition) is 5. The maximum atomic E-state index is 12.3. The average Bonchev–Trinajstić information content (AvgIpc) is 3.25. The number of methoxy groups -OCH3 is 2. The maximum absolute atomic E-state index is 12.3. The van der Waals surface area contributed by atoms with Crippen molar-refractivity contribution in [2.45, 2.75) is 0 Å². The minimum atomic E-state index is -0.329. The molecule has 2 heterocycles. The van der Waals surface area contributed by atoms with Gasteiger partial charge >= 0.3 is 0 Å². The number of H-pyrrole nitrogens is 1. The van der Waals surface area contributed by atoms with Gasteiger partial charge in [-0.25, -0.2) is 0 Å². The Morgan fingerprint density at radius 1 is 1.06 bits per heavy atom. The molecule has 0 fully saturated rings. The zero-order valence-electron chi connectivity index (χ0n) is 17.5. The van der Waals surface area contributed by atoms with Crippen LogP contribution in [0.4, 0.5) is 11.4 Å². The fourth-order valence-corrected chi connectivity index (χ4v) is 3.12. The first-order chi connectivity index (χ1) is 15.6. The summed E-state index contributed by atoms with van der Waals surface area (Å²) < 4.78 is 16.1. The number of aromatic nitrogens is 1. The molecular formula is C24H21N3O5. The number of nitrogens with one attached hydrogen (secondary N) is 3. The Labute approximate surface area is 184 Å². The van der Waals surface area contributed by atoms with Crippen LogP contribution in [-0.2, 0) is 9.59 Å². The van der Waals surface area contributed by atoms with Gasteiger partial charge in [0, 0.05) is 35.8 Å². The Bertz CT molecular complexity index is 1230. The second-order valence-electron chi connectivity index (χ2n) is 6.84. The SMILES string of the molecule is COc1ccc(NC(=O)/C=C/c2c[nH]c(/C=C3\Oc4ccccc4NC3=O)c2)cc1OC. The van der Waals surface area contributed by atoms with Crippen LogP contribution in [0.5, 0.6) is 17.2 Å². The van der Waals surface area contributed by atoms with Crippen LogP contribution in [0.3, 0.4) is 0 Å². The summed E-state index contributed by atoms with van der Waals surface area (Å²) in [6, 6.07) is 14.1. The minimum absolute atomic E-state index is 0.173. The Morgan fingerprint density at radius 2 is 1.88 bits per heavy atom. The molecule has 2 aromatic carbocycles. The lowest BCUT2D eigenvalue weighted by molar-refractivity contribution is -0.115. The highest BCUT2D eigenvalue weighted by atomic mass is 16.5. The molecule has 3 aromatic rings. The average molecular weight is 431 g/mol. The van der Waals surface area contributed by atoms with Gasteiger partial charge in [0.25, 0.3) is 5.91 Å². The molecule has 8 heteroatoms. The molecule has 2 amide bonds. The maximum Gasteiger partial charge on any atom is 0.291 e. The van der Waals surface area contributed by atoms with Crippen molar-refractivity contribution in [3.05, 3.63) is 77.8 Å². The summed E-state index contributed by atoms with van der Waals surface area (Å²) in [5, 5.41) is 5.56. The van der Waals surface area contributed by atoms with Crippen LogP contribution in [0.25, 0.3) is 12.2 Å². The van der Waals surface area contributed by atoms with Crippen molar-refractivity contribution >= 4 is 35.3 Å². The molecule has 0 unspecified atom stereocenters. The quantitative estimate of drug-likeness (QED) is 0.511. The molecule has 8 nitrogen and oxygen atoms in total. The van der Waals surface area contributed by atoms with Gasteiger partial charge in [0.15, 0.2) is 23.0 Å². The molecule has 1 aliphatic heterocycles. The topological polar surface area (TPSA) is 102 Å². The molecule has 0 bridgehead atoms. The van der Waals surface area contributed by atoms with Crippen molar-refractivity contribution in [3.8, 4) is 17.2 Å². The van der Waals surface area contributed by atoms with Crippen molar-refractivity contribution in [1.29, 1.82) is 0 Å². The number of fused-ring (bicyclic) bond motifs is 1. The molecule has 162 valence electrons. The molecule has 0 aliphatic carbocycles. The smallest absolute Gasteiger partial charge is 0.291 e. The van der Waals surface area contributed by atoms with Gasteiger partial charge in [0.1, 0.15) is 0 Å². The molecule has 32 heavy (non-hydrogen) atoms. The largest absolute Gasteiger partial charge is 0.493 e. The molecule has 0 saturated carbocycles. The van der Waals surface area contributed by atoms with E-state index in [4.69, 9.17) is 14.2 Å². The second kappa shape index (κ2) is 9.13. The van der Waals surface area contributed by atoms with E-state index < -0.39 is 0 Å². The zero-order chi connectivity index (χ0) is 22.5. The zero-order valence-corrected chi connectivity index (χ0v) is 17.5. The van der Waals surface area contributed by atoms with E-state index >= 15 is 0 Å². The van der Waals surface area contributed by atoms with Gasteiger partial charge < -0.3 is 29.8 Å². The first-order valence-electron chi connectivity index (χ1n) is 9.75. The number of benzene rings is 2. The first kappa shape index (κ1) is 20.8. The van der Waals surface area contributed by atoms with Crippen molar-refractivity contribution in [1.82, 2.24) is 4.98 Å². The number of carbonyl (C=O) groups excluding carboxylic acids is 2. The molecule has 0 atom stereocenters. The number of anilines is 2.